The van der Waals surface area contributed by atoms with Crippen molar-refractivity contribution < 1.29 is 14.3 Å². The molecule has 1 heterocycles. The molecule has 2 aliphatic rings. The van der Waals surface area contributed by atoms with Crippen molar-refractivity contribution in [2.75, 3.05) is 27.3 Å². The van der Waals surface area contributed by atoms with E-state index < -0.39 is 0 Å². The number of hydrogen-bond acceptors (Lipinski definition) is 4. The smallest absolute Gasteiger partial charge is 0.161 e. The third kappa shape index (κ3) is 4.18. The van der Waals surface area contributed by atoms with E-state index in [9.17, 15) is 4.79 Å². The fourth-order valence-corrected chi connectivity index (χ4v) is 5.17. The molecule has 0 spiro atoms. The van der Waals surface area contributed by atoms with Crippen molar-refractivity contribution in [3.05, 3.63) is 59.2 Å². The highest BCUT2D eigenvalue weighted by Gasteiger charge is 2.36. The number of hydrogen-bond donors (Lipinski definition) is 0. The van der Waals surface area contributed by atoms with E-state index in [0.717, 1.165) is 43.5 Å². The lowest BCUT2D eigenvalue weighted by atomic mass is 9.90. The van der Waals surface area contributed by atoms with Crippen molar-refractivity contribution in [2.24, 2.45) is 5.92 Å². The third-order valence-corrected chi connectivity index (χ3v) is 6.67. The molecule has 4 rings (SSSR count). The van der Waals surface area contributed by atoms with Crippen LogP contribution < -0.4 is 9.47 Å². The van der Waals surface area contributed by atoms with Crippen LogP contribution in [0.1, 0.15) is 41.9 Å². The Bertz CT molecular complexity index is 835. The van der Waals surface area contributed by atoms with Gasteiger partial charge in [0.1, 0.15) is 6.29 Å². The number of fused-ring (bicyclic) bond motifs is 1. The van der Waals surface area contributed by atoms with Crippen molar-refractivity contribution in [1.82, 2.24) is 4.90 Å². The van der Waals surface area contributed by atoms with E-state index in [-0.39, 0.29) is 5.92 Å². The lowest BCUT2D eigenvalue weighted by Gasteiger charge is -2.38. The molecule has 154 valence electrons. The molecular formula is C25H31NO3. The van der Waals surface area contributed by atoms with Crippen LogP contribution >= 0.6 is 0 Å². The average molecular weight is 394 g/mol. The Morgan fingerprint density at radius 3 is 2.55 bits per heavy atom. The first-order valence-electron chi connectivity index (χ1n) is 10.7. The topological polar surface area (TPSA) is 38.8 Å². The van der Waals surface area contributed by atoms with Gasteiger partial charge in [0.15, 0.2) is 11.5 Å². The fraction of sp³-hybridized carbons (Fsp3) is 0.480. The highest BCUT2D eigenvalue weighted by Crippen LogP contribution is 2.43. The monoisotopic (exact) mass is 393 g/mol. The molecule has 0 N–H and O–H groups in total. The minimum Gasteiger partial charge on any atom is -0.493 e. The summed E-state index contributed by atoms with van der Waals surface area (Å²) < 4.78 is 10.9. The van der Waals surface area contributed by atoms with Gasteiger partial charge in [-0.15, -0.1) is 0 Å². The molecule has 1 saturated heterocycles. The summed E-state index contributed by atoms with van der Waals surface area (Å²) in [4.78, 5) is 14.7. The summed E-state index contributed by atoms with van der Waals surface area (Å²) in [5.41, 5.74) is 3.74. The number of methoxy groups -OCH3 is 2. The van der Waals surface area contributed by atoms with E-state index in [1.807, 2.05) is 6.07 Å². The number of carbonyl (C=O) groups excluding carboxylic acids is 1. The van der Waals surface area contributed by atoms with Crippen molar-refractivity contribution in [1.29, 1.82) is 0 Å². The standard InChI is InChI=1S/C25H31NO3/c1-28-24-14-19-13-20(23(17-27)22(19)15-25(24)29-2)16-26-11-7-6-10-21(26)12-18-8-4-3-5-9-18/h3-5,8-9,14-15,17,20-21,23H,6-7,10-13,16H2,1-2H3. The van der Waals surface area contributed by atoms with Gasteiger partial charge >= 0.3 is 0 Å². The second-order valence-electron chi connectivity index (χ2n) is 8.37. The minimum absolute atomic E-state index is 0.0656. The SMILES string of the molecule is COc1cc2c(cc1OC)C(C=O)C(CN1CCCCC1Cc1ccccc1)C2. The normalized spacial score (nSPS) is 24.1. The van der Waals surface area contributed by atoms with Crippen LogP contribution in [0.4, 0.5) is 0 Å². The molecule has 0 amide bonds. The highest BCUT2D eigenvalue weighted by molar-refractivity contribution is 5.68. The number of ether oxygens (including phenoxy) is 2. The summed E-state index contributed by atoms with van der Waals surface area (Å²) in [6.07, 6.45) is 6.94. The van der Waals surface area contributed by atoms with Crippen LogP contribution in [0.15, 0.2) is 42.5 Å². The van der Waals surface area contributed by atoms with Crippen molar-refractivity contribution in [3.8, 4) is 11.5 Å². The molecule has 3 unspecified atom stereocenters. The molecule has 4 nitrogen and oxygen atoms in total. The Morgan fingerprint density at radius 2 is 1.83 bits per heavy atom. The molecule has 0 aromatic heterocycles. The van der Waals surface area contributed by atoms with E-state index in [2.05, 4.69) is 41.3 Å². The molecule has 4 heteroatoms. The first-order valence-corrected chi connectivity index (χ1v) is 10.7. The van der Waals surface area contributed by atoms with Gasteiger partial charge in [-0.1, -0.05) is 36.8 Å². The van der Waals surface area contributed by atoms with Crippen LogP contribution in [0.3, 0.4) is 0 Å². The quantitative estimate of drug-likeness (QED) is 0.659. The second-order valence-corrected chi connectivity index (χ2v) is 8.37. The molecule has 1 aliphatic heterocycles. The van der Waals surface area contributed by atoms with E-state index in [0.29, 0.717) is 17.7 Å². The van der Waals surface area contributed by atoms with E-state index in [1.165, 1.54) is 30.4 Å². The molecule has 0 saturated carbocycles. The highest BCUT2D eigenvalue weighted by atomic mass is 16.5. The van der Waals surface area contributed by atoms with Crippen LogP contribution in [0.25, 0.3) is 0 Å². The molecule has 2 aromatic carbocycles. The van der Waals surface area contributed by atoms with Crippen LogP contribution in [0.5, 0.6) is 11.5 Å². The Labute approximate surface area is 173 Å². The Morgan fingerprint density at radius 1 is 1.07 bits per heavy atom. The van der Waals surface area contributed by atoms with Crippen molar-refractivity contribution >= 4 is 6.29 Å². The first-order chi connectivity index (χ1) is 14.2. The molecule has 0 radical (unpaired) electrons. The van der Waals surface area contributed by atoms with Crippen LogP contribution in [-0.4, -0.2) is 44.5 Å². The number of benzene rings is 2. The zero-order chi connectivity index (χ0) is 20.2. The number of rotatable bonds is 7. The predicted octanol–water partition coefficient (Wildman–Crippen LogP) is 4.26. The van der Waals surface area contributed by atoms with Gasteiger partial charge in [-0.05, 0) is 67.0 Å². The second kappa shape index (κ2) is 9.00. The molecule has 2 aromatic rings. The van der Waals surface area contributed by atoms with Gasteiger partial charge in [0.25, 0.3) is 0 Å². The summed E-state index contributed by atoms with van der Waals surface area (Å²) in [6, 6.07) is 15.4. The average Bonchev–Trinajstić information content (AvgIpc) is 3.10. The van der Waals surface area contributed by atoms with Gasteiger partial charge in [-0.25, -0.2) is 0 Å². The zero-order valence-corrected chi connectivity index (χ0v) is 17.5. The van der Waals surface area contributed by atoms with Crippen LogP contribution in [-0.2, 0) is 17.6 Å². The van der Waals surface area contributed by atoms with Crippen LogP contribution in [0.2, 0.25) is 0 Å². The van der Waals surface area contributed by atoms with Gasteiger partial charge in [-0.2, -0.15) is 0 Å². The molecule has 1 fully saturated rings. The predicted molar refractivity (Wildman–Crippen MR) is 115 cm³/mol. The van der Waals surface area contributed by atoms with Gasteiger partial charge < -0.3 is 14.3 Å². The van der Waals surface area contributed by atoms with E-state index in [4.69, 9.17) is 9.47 Å². The van der Waals surface area contributed by atoms with E-state index in [1.54, 1.807) is 14.2 Å². The summed E-state index contributed by atoms with van der Waals surface area (Å²) in [7, 11) is 3.31. The summed E-state index contributed by atoms with van der Waals surface area (Å²) in [5.74, 6) is 1.70. The Balaban J connectivity index is 1.52. The summed E-state index contributed by atoms with van der Waals surface area (Å²) >= 11 is 0. The van der Waals surface area contributed by atoms with Gasteiger partial charge in [-0.3, -0.25) is 4.90 Å². The van der Waals surface area contributed by atoms with Crippen molar-refractivity contribution in [3.63, 3.8) is 0 Å². The molecule has 1 aliphatic carbocycles. The maximum atomic E-state index is 12.1. The maximum Gasteiger partial charge on any atom is 0.161 e. The van der Waals surface area contributed by atoms with Crippen LogP contribution in [0, 0.1) is 5.92 Å². The van der Waals surface area contributed by atoms with E-state index >= 15 is 0 Å². The molecule has 3 atom stereocenters. The maximum absolute atomic E-state index is 12.1. The number of carbonyl (C=O) groups is 1. The summed E-state index contributed by atoms with van der Waals surface area (Å²) in [5, 5.41) is 0. The Kier molecular flexibility index (Phi) is 6.19. The number of likely N-dealkylation sites (tertiary alicyclic amines) is 1. The largest absolute Gasteiger partial charge is 0.493 e. The molecular weight excluding hydrogens is 362 g/mol. The zero-order valence-electron chi connectivity index (χ0n) is 17.5. The number of nitrogens with zero attached hydrogens (tertiary/aromatic N) is 1. The molecule has 29 heavy (non-hydrogen) atoms. The van der Waals surface area contributed by atoms with Gasteiger partial charge in [0.05, 0.1) is 14.2 Å². The number of aldehydes is 1. The number of piperidine rings is 1. The lowest BCUT2D eigenvalue weighted by molar-refractivity contribution is -0.110. The Hall–Kier alpha value is -2.33. The van der Waals surface area contributed by atoms with Crippen molar-refractivity contribution in [2.45, 2.75) is 44.1 Å². The van der Waals surface area contributed by atoms with Gasteiger partial charge in [0.2, 0.25) is 0 Å². The van der Waals surface area contributed by atoms with Gasteiger partial charge in [0, 0.05) is 18.5 Å². The molecule has 0 bridgehead atoms. The third-order valence-electron chi connectivity index (χ3n) is 6.67. The lowest BCUT2D eigenvalue weighted by Crippen LogP contribution is -2.44. The minimum atomic E-state index is -0.0656. The first kappa shape index (κ1) is 20.0. The fourth-order valence-electron chi connectivity index (χ4n) is 5.17. The summed E-state index contributed by atoms with van der Waals surface area (Å²) in [6.45, 7) is 2.10.